The van der Waals surface area contributed by atoms with E-state index in [1.54, 1.807) is 30.3 Å². The maximum absolute atomic E-state index is 12.5. The normalized spacial score (nSPS) is 17.5. The molecule has 0 aromatic heterocycles. The standard InChI is InChI=1S/C16H12Cl2N2O2S/c17-11-7-5-10(6-8-11)9-20-16(22)14(15(21)19-20)23-13-4-2-1-3-12(13)18/h1-8,14H,9H2,(H,19,21). The zero-order chi connectivity index (χ0) is 16.4. The summed E-state index contributed by atoms with van der Waals surface area (Å²) < 4.78 is 0. The van der Waals surface area contributed by atoms with Crippen LogP contribution in [0.15, 0.2) is 53.4 Å². The summed E-state index contributed by atoms with van der Waals surface area (Å²) in [4.78, 5) is 25.3. The van der Waals surface area contributed by atoms with Crippen LogP contribution in [0.2, 0.25) is 10.0 Å². The molecule has 1 fully saturated rings. The molecule has 0 spiro atoms. The van der Waals surface area contributed by atoms with E-state index >= 15 is 0 Å². The second kappa shape index (κ2) is 6.83. The van der Waals surface area contributed by atoms with E-state index < -0.39 is 5.25 Å². The Hall–Kier alpha value is -1.69. The molecule has 1 heterocycles. The van der Waals surface area contributed by atoms with E-state index in [1.165, 1.54) is 5.01 Å². The Bertz CT molecular complexity index is 752. The molecule has 1 N–H and O–H groups in total. The molecule has 0 bridgehead atoms. The quantitative estimate of drug-likeness (QED) is 0.842. The lowest BCUT2D eigenvalue weighted by molar-refractivity contribution is -0.130. The first-order valence-electron chi connectivity index (χ1n) is 6.82. The van der Waals surface area contributed by atoms with Crippen LogP contribution in [0.3, 0.4) is 0 Å². The Morgan fingerprint density at radius 2 is 1.74 bits per heavy atom. The van der Waals surface area contributed by atoms with Crippen molar-refractivity contribution in [2.24, 2.45) is 0 Å². The largest absolute Gasteiger partial charge is 0.271 e. The number of nitrogens with one attached hydrogen (secondary N) is 1. The number of carbonyl (C=O) groups excluding carboxylic acids is 2. The average Bonchev–Trinajstić information content (AvgIpc) is 2.79. The van der Waals surface area contributed by atoms with Crippen LogP contribution in [0.4, 0.5) is 0 Å². The SMILES string of the molecule is O=C1NN(Cc2ccc(Cl)cc2)C(=O)C1Sc1ccccc1Cl. The van der Waals surface area contributed by atoms with Crippen molar-refractivity contribution in [3.05, 3.63) is 64.1 Å². The lowest BCUT2D eigenvalue weighted by Gasteiger charge is -2.15. The van der Waals surface area contributed by atoms with Crippen LogP contribution in [0, 0.1) is 0 Å². The summed E-state index contributed by atoms with van der Waals surface area (Å²) in [7, 11) is 0. The predicted molar refractivity (Wildman–Crippen MR) is 91.2 cm³/mol. The van der Waals surface area contributed by atoms with Gasteiger partial charge in [0.05, 0.1) is 11.6 Å². The smallest absolute Gasteiger partial charge is 0.264 e. The van der Waals surface area contributed by atoms with Crippen molar-refractivity contribution in [2.75, 3.05) is 0 Å². The van der Waals surface area contributed by atoms with Crippen molar-refractivity contribution in [3.63, 3.8) is 0 Å². The number of thioether (sulfide) groups is 1. The monoisotopic (exact) mass is 366 g/mol. The number of hydrazine groups is 1. The van der Waals surface area contributed by atoms with E-state index in [0.717, 1.165) is 17.3 Å². The first-order chi connectivity index (χ1) is 11.0. The van der Waals surface area contributed by atoms with E-state index in [4.69, 9.17) is 23.2 Å². The highest BCUT2D eigenvalue weighted by molar-refractivity contribution is 8.01. The first-order valence-corrected chi connectivity index (χ1v) is 8.45. The third-order valence-corrected chi connectivity index (χ3v) is 5.26. The van der Waals surface area contributed by atoms with Gasteiger partial charge in [-0.05, 0) is 29.8 Å². The fraction of sp³-hybridized carbons (Fsp3) is 0.125. The minimum absolute atomic E-state index is 0.283. The van der Waals surface area contributed by atoms with Gasteiger partial charge in [-0.15, -0.1) is 11.8 Å². The molecule has 3 rings (SSSR count). The van der Waals surface area contributed by atoms with Crippen LogP contribution in [-0.4, -0.2) is 22.1 Å². The van der Waals surface area contributed by atoms with Crippen LogP contribution in [0.5, 0.6) is 0 Å². The molecular weight excluding hydrogens is 355 g/mol. The number of nitrogens with zero attached hydrogens (tertiary/aromatic N) is 1. The van der Waals surface area contributed by atoms with Gasteiger partial charge < -0.3 is 0 Å². The van der Waals surface area contributed by atoms with Gasteiger partial charge in [0.25, 0.3) is 11.8 Å². The van der Waals surface area contributed by atoms with E-state index in [9.17, 15) is 9.59 Å². The van der Waals surface area contributed by atoms with Crippen LogP contribution >= 0.6 is 35.0 Å². The molecule has 1 unspecified atom stereocenters. The van der Waals surface area contributed by atoms with Crippen molar-refractivity contribution in [2.45, 2.75) is 16.7 Å². The van der Waals surface area contributed by atoms with Crippen molar-refractivity contribution in [1.82, 2.24) is 10.4 Å². The topological polar surface area (TPSA) is 49.4 Å². The number of hydrogen-bond donors (Lipinski definition) is 1. The van der Waals surface area contributed by atoms with Crippen molar-refractivity contribution >= 4 is 46.8 Å². The number of hydrogen-bond acceptors (Lipinski definition) is 3. The second-order valence-corrected chi connectivity index (χ2v) is 6.95. The predicted octanol–water partition coefficient (Wildman–Crippen LogP) is 3.53. The molecule has 1 atom stereocenters. The number of carbonyl (C=O) groups is 2. The zero-order valence-electron chi connectivity index (χ0n) is 11.8. The van der Waals surface area contributed by atoms with Crippen molar-refractivity contribution in [3.8, 4) is 0 Å². The number of amides is 2. The molecule has 0 saturated carbocycles. The molecule has 0 radical (unpaired) electrons. The van der Waals surface area contributed by atoms with Gasteiger partial charge >= 0.3 is 0 Å². The third kappa shape index (κ3) is 3.63. The maximum atomic E-state index is 12.5. The van der Waals surface area contributed by atoms with Gasteiger partial charge in [0.1, 0.15) is 0 Å². The number of benzene rings is 2. The van der Waals surface area contributed by atoms with Gasteiger partial charge in [-0.1, -0.05) is 47.5 Å². The molecule has 1 saturated heterocycles. The maximum Gasteiger partial charge on any atom is 0.264 e. The molecule has 1 aliphatic heterocycles. The fourth-order valence-electron chi connectivity index (χ4n) is 2.16. The molecule has 1 aliphatic rings. The highest BCUT2D eigenvalue weighted by atomic mass is 35.5. The minimum atomic E-state index is -0.831. The molecule has 2 aromatic rings. The summed E-state index contributed by atoms with van der Waals surface area (Å²) in [6.07, 6.45) is 0. The first kappa shape index (κ1) is 16.2. The Morgan fingerprint density at radius 3 is 2.43 bits per heavy atom. The minimum Gasteiger partial charge on any atom is -0.271 e. The Labute approximate surface area is 147 Å². The molecule has 23 heavy (non-hydrogen) atoms. The molecule has 4 nitrogen and oxygen atoms in total. The third-order valence-electron chi connectivity index (χ3n) is 3.31. The molecule has 118 valence electrons. The Kier molecular flexibility index (Phi) is 4.80. The molecule has 7 heteroatoms. The highest BCUT2D eigenvalue weighted by Crippen LogP contribution is 2.32. The van der Waals surface area contributed by atoms with E-state index in [2.05, 4.69) is 5.43 Å². The lowest BCUT2D eigenvalue weighted by Crippen LogP contribution is -2.35. The molecular formula is C16H12Cl2N2O2S. The van der Waals surface area contributed by atoms with Crippen molar-refractivity contribution in [1.29, 1.82) is 0 Å². The summed E-state index contributed by atoms with van der Waals surface area (Å²) >= 11 is 13.1. The highest BCUT2D eigenvalue weighted by Gasteiger charge is 2.40. The van der Waals surface area contributed by atoms with Gasteiger partial charge in [-0.25, -0.2) is 5.01 Å². The van der Waals surface area contributed by atoms with Gasteiger partial charge in [-0.2, -0.15) is 0 Å². The van der Waals surface area contributed by atoms with Crippen LogP contribution < -0.4 is 5.43 Å². The van der Waals surface area contributed by atoms with Gasteiger partial charge in [-0.3, -0.25) is 15.0 Å². The average molecular weight is 367 g/mol. The van der Waals surface area contributed by atoms with E-state index in [0.29, 0.717) is 21.5 Å². The summed E-state index contributed by atoms with van der Waals surface area (Å²) in [5.41, 5.74) is 3.49. The van der Waals surface area contributed by atoms with Gasteiger partial charge in [0, 0.05) is 9.92 Å². The second-order valence-electron chi connectivity index (χ2n) is 4.96. The number of rotatable bonds is 4. The number of halogens is 2. The molecule has 2 aromatic carbocycles. The van der Waals surface area contributed by atoms with Crippen molar-refractivity contribution < 1.29 is 9.59 Å². The Balaban J connectivity index is 1.72. The summed E-state index contributed by atoms with van der Waals surface area (Å²) in [5, 5.41) is 1.63. The summed E-state index contributed by atoms with van der Waals surface area (Å²) in [5.74, 6) is -0.622. The zero-order valence-corrected chi connectivity index (χ0v) is 14.2. The fourth-order valence-corrected chi connectivity index (χ4v) is 3.54. The summed E-state index contributed by atoms with van der Waals surface area (Å²) in [6, 6.07) is 14.3. The van der Waals surface area contributed by atoms with Gasteiger partial charge in [0.15, 0.2) is 5.25 Å². The van der Waals surface area contributed by atoms with E-state index in [-0.39, 0.29) is 11.8 Å². The van der Waals surface area contributed by atoms with Gasteiger partial charge in [0.2, 0.25) is 0 Å². The molecule has 2 amide bonds. The van der Waals surface area contributed by atoms with Crippen LogP contribution in [0.25, 0.3) is 0 Å². The van der Waals surface area contributed by atoms with Crippen LogP contribution in [-0.2, 0) is 16.1 Å². The Morgan fingerprint density at radius 1 is 1.04 bits per heavy atom. The lowest BCUT2D eigenvalue weighted by atomic mass is 10.2. The summed E-state index contributed by atoms with van der Waals surface area (Å²) in [6.45, 7) is 0.293. The van der Waals surface area contributed by atoms with Crippen LogP contribution in [0.1, 0.15) is 5.56 Å². The molecule has 0 aliphatic carbocycles. The van der Waals surface area contributed by atoms with E-state index in [1.807, 2.05) is 18.2 Å².